The first kappa shape index (κ1) is 28.0. The third-order valence-corrected chi connectivity index (χ3v) is 10.5. The summed E-state index contributed by atoms with van der Waals surface area (Å²) >= 11 is 0. The van der Waals surface area contributed by atoms with Crippen LogP contribution < -0.4 is 0 Å². The quantitative estimate of drug-likeness (QED) is 0.258. The maximum absolute atomic E-state index is 11.2. The van der Waals surface area contributed by atoms with Crippen LogP contribution in [0.2, 0.25) is 0 Å². The van der Waals surface area contributed by atoms with Gasteiger partial charge in [-0.3, -0.25) is 4.98 Å². The topological polar surface area (TPSA) is 53.4 Å². The molecule has 4 fully saturated rings. The van der Waals surface area contributed by atoms with Crippen LogP contribution in [0, 0.1) is 28.7 Å². The summed E-state index contributed by atoms with van der Waals surface area (Å²) in [5.41, 5.74) is 3.37. The fraction of sp³-hybridized carbons (Fsp3) is 0.559. The predicted molar refractivity (Wildman–Crippen MR) is 150 cm³/mol. The zero-order valence-electron chi connectivity index (χ0n) is 22.5. The van der Waals surface area contributed by atoms with Gasteiger partial charge < -0.3 is 10.2 Å². The van der Waals surface area contributed by atoms with E-state index in [1.165, 1.54) is 88.9 Å². The molecule has 2 spiro atoms. The summed E-state index contributed by atoms with van der Waals surface area (Å²) in [5, 5.41) is 23.5. The molecule has 4 saturated carbocycles. The van der Waals surface area contributed by atoms with Gasteiger partial charge in [-0.15, -0.1) is 35.9 Å². The molecular formula is C34H42IrNO2-. The number of fused-ring (bicyclic) bond motifs is 2. The number of rotatable bonds is 1. The Balaban J connectivity index is 0.000000156. The van der Waals surface area contributed by atoms with E-state index in [1.54, 1.807) is 0 Å². The number of benzene rings is 2. The average molecular weight is 689 g/mol. The molecule has 3 aromatic rings. The van der Waals surface area contributed by atoms with E-state index in [0.717, 1.165) is 16.8 Å². The molecule has 4 aliphatic carbocycles. The van der Waals surface area contributed by atoms with Gasteiger partial charge in [0.05, 0.1) is 17.7 Å². The first-order valence-electron chi connectivity index (χ1n) is 14.8. The van der Waals surface area contributed by atoms with E-state index >= 15 is 0 Å². The van der Waals surface area contributed by atoms with Gasteiger partial charge in [-0.2, -0.15) is 0 Å². The van der Waals surface area contributed by atoms with Gasteiger partial charge >= 0.3 is 0 Å². The van der Waals surface area contributed by atoms with Crippen LogP contribution in [0.4, 0.5) is 0 Å². The molecular weight excluding hydrogens is 647 g/mol. The van der Waals surface area contributed by atoms with Gasteiger partial charge in [0.15, 0.2) is 0 Å². The molecule has 38 heavy (non-hydrogen) atoms. The van der Waals surface area contributed by atoms with Crippen LogP contribution in [0.3, 0.4) is 0 Å². The van der Waals surface area contributed by atoms with Gasteiger partial charge in [-0.1, -0.05) is 68.9 Å². The molecule has 4 unspecified atom stereocenters. The van der Waals surface area contributed by atoms with Crippen molar-refractivity contribution in [2.24, 2.45) is 22.7 Å². The van der Waals surface area contributed by atoms with Crippen LogP contribution in [0.15, 0.2) is 60.7 Å². The molecule has 0 amide bonds. The van der Waals surface area contributed by atoms with Gasteiger partial charge in [-0.05, 0) is 78.8 Å². The Bertz CT molecular complexity index is 1170. The first-order chi connectivity index (χ1) is 18.1. The molecule has 0 aliphatic heterocycles. The summed E-state index contributed by atoms with van der Waals surface area (Å²) in [5.74, 6) is 0.788. The van der Waals surface area contributed by atoms with Gasteiger partial charge in [-0.25, -0.2) is 0 Å². The maximum atomic E-state index is 11.2. The third kappa shape index (κ3) is 5.27. The minimum atomic E-state index is -0.229. The molecule has 2 aromatic carbocycles. The van der Waals surface area contributed by atoms with Crippen molar-refractivity contribution in [2.75, 3.05) is 0 Å². The van der Waals surface area contributed by atoms with Crippen LogP contribution >= 0.6 is 0 Å². The largest absolute Gasteiger partial charge is 0.392 e. The van der Waals surface area contributed by atoms with Gasteiger partial charge in [0.1, 0.15) is 0 Å². The monoisotopic (exact) mass is 689 g/mol. The van der Waals surface area contributed by atoms with Crippen LogP contribution in [0.1, 0.15) is 83.5 Å². The van der Waals surface area contributed by atoms with E-state index in [1.807, 2.05) is 48.5 Å². The van der Waals surface area contributed by atoms with Gasteiger partial charge in [0.2, 0.25) is 0 Å². The molecule has 4 heteroatoms. The number of aromatic nitrogens is 1. The Hall–Kier alpha value is -1.58. The van der Waals surface area contributed by atoms with Crippen molar-refractivity contribution in [2.45, 2.75) is 95.7 Å². The van der Waals surface area contributed by atoms with Crippen molar-refractivity contribution < 1.29 is 30.3 Å². The van der Waals surface area contributed by atoms with Crippen molar-refractivity contribution in [1.82, 2.24) is 4.98 Å². The van der Waals surface area contributed by atoms with Crippen molar-refractivity contribution in [3.8, 4) is 11.3 Å². The van der Waals surface area contributed by atoms with E-state index in [-0.39, 0.29) is 49.1 Å². The molecule has 7 rings (SSSR count). The van der Waals surface area contributed by atoms with Crippen LogP contribution in [-0.2, 0) is 20.1 Å². The van der Waals surface area contributed by atoms with Crippen molar-refractivity contribution in [1.29, 1.82) is 0 Å². The summed E-state index contributed by atoms with van der Waals surface area (Å²) in [6, 6.07) is 23.4. The third-order valence-electron chi connectivity index (χ3n) is 10.5. The molecule has 2 N–H and O–H groups in total. The smallest absolute Gasteiger partial charge is 0.0652 e. The number of pyridine rings is 1. The second-order valence-corrected chi connectivity index (χ2v) is 12.5. The standard InChI is InChI=1S/C19H32O2.C15H10N.Ir/c20-16-15-14(7-12-18(16)8-3-1-4-9-18)13-19(17(15)21)10-5-2-6-11-19;1-2-6-12(7-3-1)15-11-10-13-8-4-5-9-14(13)16-15;/h14-17,20-21H,1-13H2;1-6,8-11H;/q;-1;. The zero-order valence-corrected chi connectivity index (χ0v) is 24.8. The number of para-hydroxylation sites is 1. The minimum absolute atomic E-state index is 0. The SMILES string of the molecule is OC1C2C(CCC13CCCCC3)CC1(CCCCC1)C2O.[Ir].[c-]1ccccc1-c1ccc2ccccc2n1. The summed E-state index contributed by atoms with van der Waals surface area (Å²) in [6.07, 6.45) is 15.9. The van der Waals surface area contributed by atoms with Crippen molar-refractivity contribution in [3.05, 3.63) is 66.7 Å². The number of nitrogens with zero attached hydrogens (tertiary/aromatic N) is 1. The molecule has 4 aliphatic rings. The van der Waals surface area contributed by atoms with E-state index in [0.29, 0.717) is 5.92 Å². The van der Waals surface area contributed by atoms with E-state index in [9.17, 15) is 10.2 Å². The molecule has 1 radical (unpaired) electrons. The Labute approximate surface area is 241 Å². The fourth-order valence-electron chi connectivity index (χ4n) is 8.53. The molecule has 0 bridgehead atoms. The van der Waals surface area contributed by atoms with E-state index in [4.69, 9.17) is 0 Å². The zero-order chi connectivity index (χ0) is 25.3. The summed E-state index contributed by atoms with van der Waals surface area (Å²) < 4.78 is 0. The number of aliphatic hydroxyl groups excluding tert-OH is 2. The summed E-state index contributed by atoms with van der Waals surface area (Å²) in [6.45, 7) is 0. The first-order valence-corrected chi connectivity index (χ1v) is 14.8. The molecule has 205 valence electrons. The Morgan fingerprint density at radius 2 is 1.37 bits per heavy atom. The fourth-order valence-corrected chi connectivity index (χ4v) is 8.53. The van der Waals surface area contributed by atoms with E-state index < -0.39 is 0 Å². The van der Waals surface area contributed by atoms with Crippen molar-refractivity contribution >= 4 is 10.9 Å². The minimum Gasteiger partial charge on any atom is -0.392 e. The molecule has 4 atom stereocenters. The number of aliphatic hydroxyl groups is 2. The maximum Gasteiger partial charge on any atom is 0.0652 e. The molecule has 1 heterocycles. The Kier molecular flexibility index (Phi) is 8.75. The predicted octanol–water partition coefficient (Wildman–Crippen LogP) is 7.74. The normalized spacial score (nSPS) is 29.2. The molecule has 3 nitrogen and oxygen atoms in total. The number of hydrogen-bond donors (Lipinski definition) is 2. The second-order valence-electron chi connectivity index (χ2n) is 12.5. The van der Waals surface area contributed by atoms with Gasteiger partial charge in [0, 0.05) is 26.0 Å². The number of hydrogen-bond acceptors (Lipinski definition) is 3. The van der Waals surface area contributed by atoms with Gasteiger partial charge in [0.25, 0.3) is 0 Å². The summed E-state index contributed by atoms with van der Waals surface area (Å²) in [7, 11) is 0. The molecule has 0 saturated heterocycles. The van der Waals surface area contributed by atoms with Crippen LogP contribution in [-0.4, -0.2) is 27.4 Å². The summed E-state index contributed by atoms with van der Waals surface area (Å²) in [4.78, 5) is 4.61. The van der Waals surface area contributed by atoms with Crippen molar-refractivity contribution in [3.63, 3.8) is 0 Å². The Morgan fingerprint density at radius 3 is 2.08 bits per heavy atom. The van der Waals surface area contributed by atoms with Crippen LogP contribution in [0.5, 0.6) is 0 Å². The molecule has 1 aromatic heterocycles. The average Bonchev–Trinajstić information content (AvgIpc) is 3.23. The Morgan fingerprint density at radius 1 is 0.711 bits per heavy atom. The van der Waals surface area contributed by atoms with Crippen LogP contribution in [0.25, 0.3) is 22.2 Å². The second kappa shape index (κ2) is 11.9. The van der Waals surface area contributed by atoms with E-state index in [2.05, 4.69) is 23.2 Å².